The molecule has 0 saturated carbocycles. The monoisotopic (exact) mass is 442 g/mol. The minimum absolute atomic E-state index is 0.0409. The highest BCUT2D eigenvalue weighted by atomic mass is 16.5. The van der Waals surface area contributed by atoms with Gasteiger partial charge in [-0.1, -0.05) is 13.8 Å². The highest BCUT2D eigenvalue weighted by molar-refractivity contribution is 5.78. The lowest BCUT2D eigenvalue weighted by Gasteiger charge is -2.34. The molecule has 11 heteroatoms. The molecule has 1 amide bonds. The van der Waals surface area contributed by atoms with E-state index in [4.69, 9.17) is 25.9 Å². The van der Waals surface area contributed by atoms with Crippen molar-refractivity contribution in [2.45, 2.75) is 32.8 Å². The van der Waals surface area contributed by atoms with Crippen molar-refractivity contribution >= 4 is 23.6 Å². The van der Waals surface area contributed by atoms with Gasteiger partial charge in [-0.05, 0) is 12.8 Å². The van der Waals surface area contributed by atoms with Crippen LogP contribution in [0.4, 0.5) is 17.7 Å². The van der Waals surface area contributed by atoms with E-state index in [1.807, 2.05) is 23.6 Å². The van der Waals surface area contributed by atoms with Crippen LogP contribution in [-0.4, -0.2) is 76.2 Å². The van der Waals surface area contributed by atoms with Gasteiger partial charge in [0.15, 0.2) is 0 Å². The van der Waals surface area contributed by atoms with Gasteiger partial charge in [-0.15, -0.1) is 0 Å². The number of likely N-dealkylation sites (tertiary alicyclic amines) is 1. The Balaban J connectivity index is 1.62. The fourth-order valence-corrected chi connectivity index (χ4v) is 3.89. The van der Waals surface area contributed by atoms with E-state index < -0.39 is 0 Å². The lowest BCUT2D eigenvalue weighted by atomic mass is 10.1. The molecule has 2 aromatic heterocycles. The molecule has 32 heavy (non-hydrogen) atoms. The van der Waals surface area contributed by atoms with Crippen molar-refractivity contribution in [3.63, 3.8) is 0 Å². The number of carbonyl (C=O) groups is 1. The number of carbonyl (C=O) groups excluding carboxylic acids is 1. The van der Waals surface area contributed by atoms with Crippen LogP contribution in [0, 0.1) is 5.92 Å². The van der Waals surface area contributed by atoms with Crippen LogP contribution >= 0.6 is 0 Å². The van der Waals surface area contributed by atoms with Crippen LogP contribution in [0.2, 0.25) is 0 Å². The number of piperidine rings is 1. The van der Waals surface area contributed by atoms with E-state index >= 15 is 0 Å². The third kappa shape index (κ3) is 4.98. The van der Waals surface area contributed by atoms with Gasteiger partial charge >= 0.3 is 0 Å². The Morgan fingerprint density at radius 2 is 1.97 bits per heavy atom. The van der Waals surface area contributed by atoms with Crippen molar-refractivity contribution in [2.24, 2.45) is 5.92 Å². The van der Waals surface area contributed by atoms with Gasteiger partial charge in [0.2, 0.25) is 23.7 Å². The van der Waals surface area contributed by atoms with Crippen molar-refractivity contribution in [1.29, 1.82) is 0 Å². The number of aromatic nitrogens is 4. The zero-order chi connectivity index (χ0) is 22.7. The van der Waals surface area contributed by atoms with E-state index in [1.165, 1.54) is 0 Å². The summed E-state index contributed by atoms with van der Waals surface area (Å²) >= 11 is 0. The second-order valence-corrected chi connectivity index (χ2v) is 8.34. The molecule has 0 aromatic carbocycles. The topological polar surface area (TPSA) is 146 Å². The number of anilines is 3. The normalized spacial score (nSPS) is 19.3. The van der Waals surface area contributed by atoms with Crippen LogP contribution in [0.25, 0.3) is 11.3 Å². The molecule has 2 saturated heterocycles. The molecule has 11 nitrogen and oxygen atoms in total. The molecule has 0 spiro atoms. The Morgan fingerprint density at radius 1 is 1.19 bits per heavy atom. The third-order valence-corrected chi connectivity index (χ3v) is 5.57. The standard InChI is InChI=1S/C21H30N8O3/c1-13(2)19(30)29-5-3-4-14(12-29)32-17-10-16(15-11-24-20(23)27-18(15)22)25-21(26-17)28-6-8-31-9-7-28/h10-11,13-14H,3-9,12H2,1-2H3,(H4,22,23,24,27)/t14-/m0/s1. The highest BCUT2D eigenvalue weighted by Gasteiger charge is 2.27. The van der Waals surface area contributed by atoms with Gasteiger partial charge < -0.3 is 30.7 Å². The quantitative estimate of drug-likeness (QED) is 0.686. The average molecular weight is 443 g/mol. The van der Waals surface area contributed by atoms with Gasteiger partial charge in [-0.25, -0.2) is 9.97 Å². The SMILES string of the molecule is CC(C)C(=O)N1CCC[C@H](Oc2cc(-c3cnc(N)nc3N)nc(N3CCOCC3)n2)C1. The molecule has 0 unspecified atom stereocenters. The first-order valence-corrected chi connectivity index (χ1v) is 11.0. The summed E-state index contributed by atoms with van der Waals surface area (Å²) in [5, 5.41) is 0. The largest absolute Gasteiger partial charge is 0.472 e. The second-order valence-electron chi connectivity index (χ2n) is 8.34. The lowest BCUT2D eigenvalue weighted by molar-refractivity contribution is -0.137. The molecule has 2 fully saturated rings. The highest BCUT2D eigenvalue weighted by Crippen LogP contribution is 2.29. The van der Waals surface area contributed by atoms with Gasteiger partial charge in [0.1, 0.15) is 11.9 Å². The maximum atomic E-state index is 12.4. The zero-order valence-electron chi connectivity index (χ0n) is 18.5. The van der Waals surface area contributed by atoms with E-state index in [0.29, 0.717) is 55.9 Å². The number of nitrogens with zero attached hydrogens (tertiary/aromatic N) is 6. The van der Waals surface area contributed by atoms with E-state index in [2.05, 4.69) is 15.0 Å². The van der Waals surface area contributed by atoms with E-state index in [0.717, 1.165) is 19.4 Å². The van der Waals surface area contributed by atoms with Crippen molar-refractivity contribution in [2.75, 3.05) is 55.8 Å². The molecule has 1 atom stereocenters. The smallest absolute Gasteiger partial charge is 0.229 e. The summed E-state index contributed by atoms with van der Waals surface area (Å²) in [6.45, 7) is 7.68. The Bertz CT molecular complexity index is 964. The molecule has 0 radical (unpaired) electrons. The number of nitrogen functional groups attached to an aromatic ring is 2. The van der Waals surface area contributed by atoms with Crippen LogP contribution < -0.4 is 21.1 Å². The fraction of sp³-hybridized carbons (Fsp3) is 0.571. The molecular weight excluding hydrogens is 412 g/mol. The van der Waals surface area contributed by atoms with Crippen LogP contribution in [0.15, 0.2) is 12.3 Å². The molecule has 4 heterocycles. The molecule has 2 aromatic rings. The van der Waals surface area contributed by atoms with Gasteiger partial charge in [-0.3, -0.25) is 4.79 Å². The molecule has 2 aliphatic heterocycles. The molecule has 0 bridgehead atoms. The van der Waals surface area contributed by atoms with E-state index in [-0.39, 0.29) is 29.7 Å². The number of ether oxygens (including phenoxy) is 2. The van der Waals surface area contributed by atoms with Crippen LogP contribution in [0.5, 0.6) is 5.88 Å². The summed E-state index contributed by atoms with van der Waals surface area (Å²) in [4.78, 5) is 33.8. The first kappa shape index (κ1) is 22.0. The molecule has 2 aliphatic rings. The van der Waals surface area contributed by atoms with Crippen LogP contribution in [0.3, 0.4) is 0 Å². The number of amides is 1. The lowest BCUT2D eigenvalue weighted by Crippen LogP contribution is -2.46. The molecule has 4 N–H and O–H groups in total. The van der Waals surface area contributed by atoms with Crippen molar-refractivity contribution in [1.82, 2.24) is 24.8 Å². The zero-order valence-corrected chi connectivity index (χ0v) is 18.5. The number of hydrogen-bond donors (Lipinski definition) is 2. The molecule has 4 rings (SSSR count). The van der Waals surface area contributed by atoms with Crippen molar-refractivity contribution < 1.29 is 14.3 Å². The summed E-state index contributed by atoms with van der Waals surface area (Å²) < 4.78 is 11.7. The average Bonchev–Trinajstić information content (AvgIpc) is 2.79. The minimum Gasteiger partial charge on any atom is -0.472 e. The van der Waals surface area contributed by atoms with Gasteiger partial charge in [0, 0.05) is 37.8 Å². The first-order chi connectivity index (χ1) is 15.4. The summed E-state index contributed by atoms with van der Waals surface area (Å²) in [5.41, 5.74) is 12.8. The van der Waals surface area contributed by atoms with Gasteiger partial charge in [0.25, 0.3) is 0 Å². The molecule has 172 valence electrons. The Labute approximate surface area is 187 Å². The maximum Gasteiger partial charge on any atom is 0.229 e. The van der Waals surface area contributed by atoms with E-state index in [1.54, 1.807) is 12.3 Å². The Hall–Kier alpha value is -3.21. The van der Waals surface area contributed by atoms with Crippen LogP contribution in [0.1, 0.15) is 26.7 Å². The van der Waals surface area contributed by atoms with E-state index in [9.17, 15) is 4.79 Å². The van der Waals surface area contributed by atoms with Gasteiger partial charge in [-0.2, -0.15) is 9.97 Å². The summed E-state index contributed by atoms with van der Waals surface area (Å²) in [6.07, 6.45) is 3.14. The number of rotatable bonds is 5. The van der Waals surface area contributed by atoms with Crippen LogP contribution in [-0.2, 0) is 9.53 Å². The number of hydrogen-bond acceptors (Lipinski definition) is 10. The second kappa shape index (κ2) is 9.51. The van der Waals surface area contributed by atoms with Crippen molar-refractivity contribution in [3.05, 3.63) is 12.3 Å². The fourth-order valence-electron chi connectivity index (χ4n) is 3.89. The Kier molecular flexibility index (Phi) is 6.54. The Morgan fingerprint density at radius 3 is 2.69 bits per heavy atom. The minimum atomic E-state index is -0.147. The van der Waals surface area contributed by atoms with Gasteiger partial charge in [0.05, 0.1) is 31.0 Å². The molecule has 0 aliphatic carbocycles. The summed E-state index contributed by atoms with van der Waals surface area (Å²) in [7, 11) is 0. The predicted octanol–water partition coefficient (Wildman–Crippen LogP) is 0.960. The summed E-state index contributed by atoms with van der Waals surface area (Å²) in [6, 6.07) is 1.73. The maximum absolute atomic E-state index is 12.4. The third-order valence-electron chi connectivity index (χ3n) is 5.57. The number of nitrogens with two attached hydrogens (primary N) is 2. The summed E-state index contributed by atoms with van der Waals surface area (Å²) in [5.74, 6) is 1.39. The molecular formula is C21H30N8O3. The van der Waals surface area contributed by atoms with Crippen molar-refractivity contribution in [3.8, 4) is 17.1 Å². The number of morpholine rings is 1. The predicted molar refractivity (Wildman–Crippen MR) is 120 cm³/mol. The first-order valence-electron chi connectivity index (χ1n) is 11.0.